The number of anilines is 1. The van der Waals surface area contributed by atoms with Crippen LogP contribution in [0.1, 0.15) is 12.8 Å². The molecule has 4 heterocycles. The third-order valence-electron chi connectivity index (χ3n) is 5.67. The molecule has 33 heavy (non-hydrogen) atoms. The van der Waals surface area contributed by atoms with Gasteiger partial charge < -0.3 is 15.4 Å². The molecule has 0 spiro atoms. The molecule has 5 rings (SSSR count). The minimum atomic E-state index is -0.316. The van der Waals surface area contributed by atoms with Gasteiger partial charge in [-0.2, -0.15) is 5.10 Å². The topological polar surface area (TPSA) is 112 Å². The molecule has 1 aliphatic heterocycles. The molecule has 168 valence electrons. The van der Waals surface area contributed by atoms with Crippen LogP contribution in [0.3, 0.4) is 0 Å². The summed E-state index contributed by atoms with van der Waals surface area (Å²) in [5, 5.41) is 5.85. The average molecular weight is 464 g/mol. The zero-order chi connectivity index (χ0) is 23.1. The van der Waals surface area contributed by atoms with Crippen LogP contribution in [0.25, 0.3) is 33.5 Å². The second-order valence-corrected chi connectivity index (χ2v) is 8.47. The number of hydrogen-bond donors (Lipinski definition) is 1. The van der Waals surface area contributed by atoms with Gasteiger partial charge in [-0.15, -0.1) is 0 Å². The van der Waals surface area contributed by atoms with Crippen molar-refractivity contribution in [1.82, 2.24) is 29.6 Å². The largest absolute Gasteiger partial charge is 0.471 e. The van der Waals surface area contributed by atoms with Crippen LogP contribution in [0.5, 0.6) is 5.88 Å². The lowest BCUT2D eigenvalue weighted by molar-refractivity contribution is -0.134. The molecule has 1 unspecified atom stereocenters. The first kappa shape index (κ1) is 21.1. The van der Waals surface area contributed by atoms with Gasteiger partial charge in [-0.3, -0.25) is 14.5 Å². The van der Waals surface area contributed by atoms with Gasteiger partial charge in [0.1, 0.15) is 23.2 Å². The summed E-state index contributed by atoms with van der Waals surface area (Å²) in [6.07, 6.45) is 4.16. The molecule has 1 saturated heterocycles. The van der Waals surface area contributed by atoms with Crippen LogP contribution in [0.2, 0.25) is 5.02 Å². The van der Waals surface area contributed by atoms with Gasteiger partial charge >= 0.3 is 0 Å². The SMILES string of the molecule is CN1CCC(Oc2nc(-c3cc(Cl)c4ncccc4c3)c(-c3ccn(C)n3)nc2N)CC1=O. The maximum absolute atomic E-state index is 12.1. The van der Waals surface area contributed by atoms with Crippen molar-refractivity contribution in [2.75, 3.05) is 19.3 Å². The van der Waals surface area contributed by atoms with E-state index < -0.39 is 0 Å². The lowest BCUT2D eigenvalue weighted by Gasteiger charge is -2.29. The molecule has 10 heteroatoms. The molecule has 0 radical (unpaired) electrons. The Balaban J connectivity index is 1.63. The van der Waals surface area contributed by atoms with Crippen molar-refractivity contribution in [3.05, 3.63) is 47.7 Å². The Morgan fingerprint density at radius 1 is 1.18 bits per heavy atom. The summed E-state index contributed by atoms with van der Waals surface area (Å²) >= 11 is 6.54. The Kier molecular flexibility index (Phi) is 5.33. The summed E-state index contributed by atoms with van der Waals surface area (Å²) in [5.41, 5.74) is 9.35. The van der Waals surface area contributed by atoms with E-state index in [1.54, 1.807) is 28.9 Å². The van der Waals surface area contributed by atoms with Gasteiger partial charge in [0.25, 0.3) is 5.88 Å². The number of hydrogen-bond acceptors (Lipinski definition) is 7. The van der Waals surface area contributed by atoms with Crippen molar-refractivity contribution in [3.63, 3.8) is 0 Å². The van der Waals surface area contributed by atoms with E-state index in [0.29, 0.717) is 40.6 Å². The smallest absolute Gasteiger partial charge is 0.258 e. The number of nitrogens with zero attached hydrogens (tertiary/aromatic N) is 6. The van der Waals surface area contributed by atoms with E-state index in [4.69, 9.17) is 27.1 Å². The second kappa shape index (κ2) is 8.32. The number of fused-ring (bicyclic) bond motifs is 1. The number of ether oxygens (including phenoxy) is 1. The Labute approximate surface area is 195 Å². The maximum atomic E-state index is 12.1. The summed E-state index contributed by atoms with van der Waals surface area (Å²) in [4.78, 5) is 27.5. The van der Waals surface area contributed by atoms with Gasteiger partial charge in [-0.1, -0.05) is 17.7 Å². The van der Waals surface area contributed by atoms with Crippen LogP contribution in [0, 0.1) is 0 Å². The number of likely N-dealkylation sites (tertiary alicyclic amines) is 1. The summed E-state index contributed by atoms with van der Waals surface area (Å²) in [5.74, 6) is 0.352. The molecular formula is C23H22ClN7O2. The fourth-order valence-electron chi connectivity index (χ4n) is 3.90. The van der Waals surface area contributed by atoms with Crippen LogP contribution in [0.4, 0.5) is 5.82 Å². The molecule has 0 bridgehead atoms. The standard InChI is InChI=1S/C23H22ClN7O2/c1-30-8-5-15(12-18(30)32)33-23-22(25)27-21(17-6-9-31(2)29-17)20(28-23)14-10-13-4-3-7-26-19(13)16(24)11-14/h3-4,6-7,9-11,15H,5,8,12H2,1-2H3,(H2,25,27). The van der Waals surface area contributed by atoms with Crippen molar-refractivity contribution in [3.8, 4) is 28.5 Å². The summed E-state index contributed by atoms with van der Waals surface area (Å²) in [6, 6.07) is 9.37. The highest BCUT2D eigenvalue weighted by Crippen LogP contribution is 2.36. The minimum absolute atomic E-state index is 0.0249. The normalized spacial score (nSPS) is 16.4. The number of halogens is 1. The highest BCUT2D eigenvalue weighted by atomic mass is 35.5. The van der Waals surface area contributed by atoms with Crippen LogP contribution in [-0.2, 0) is 11.8 Å². The average Bonchev–Trinajstić information content (AvgIpc) is 3.23. The molecular weight excluding hydrogens is 442 g/mol. The first-order valence-electron chi connectivity index (χ1n) is 10.5. The fourth-order valence-corrected chi connectivity index (χ4v) is 4.17. The first-order valence-corrected chi connectivity index (χ1v) is 10.9. The number of pyridine rings is 1. The van der Waals surface area contributed by atoms with E-state index in [-0.39, 0.29) is 30.1 Å². The number of nitrogens with two attached hydrogens (primary N) is 1. The number of rotatable bonds is 4. The first-order chi connectivity index (χ1) is 15.9. The number of benzene rings is 1. The number of aromatic nitrogens is 5. The molecule has 1 fully saturated rings. The minimum Gasteiger partial charge on any atom is -0.471 e. The van der Waals surface area contributed by atoms with Crippen molar-refractivity contribution in [1.29, 1.82) is 0 Å². The van der Waals surface area contributed by atoms with Gasteiger partial charge in [0.05, 0.1) is 17.0 Å². The van der Waals surface area contributed by atoms with Gasteiger partial charge in [-0.25, -0.2) is 9.97 Å². The number of nitrogen functional groups attached to an aromatic ring is 1. The Hall–Kier alpha value is -3.72. The van der Waals surface area contributed by atoms with E-state index >= 15 is 0 Å². The molecule has 1 amide bonds. The number of amides is 1. The van der Waals surface area contributed by atoms with E-state index in [9.17, 15) is 4.79 Å². The lowest BCUT2D eigenvalue weighted by atomic mass is 10.0. The van der Waals surface area contributed by atoms with E-state index in [1.807, 2.05) is 37.5 Å². The highest BCUT2D eigenvalue weighted by molar-refractivity contribution is 6.35. The molecule has 2 N–H and O–H groups in total. The zero-order valence-electron chi connectivity index (χ0n) is 18.2. The predicted octanol–water partition coefficient (Wildman–Crippen LogP) is 3.33. The monoisotopic (exact) mass is 463 g/mol. The van der Waals surface area contributed by atoms with Gasteiger partial charge in [-0.05, 0) is 24.3 Å². The van der Waals surface area contributed by atoms with Crippen molar-refractivity contribution >= 4 is 34.2 Å². The molecule has 1 atom stereocenters. The molecule has 0 aliphatic carbocycles. The van der Waals surface area contributed by atoms with Crippen molar-refractivity contribution in [2.45, 2.75) is 18.9 Å². The second-order valence-electron chi connectivity index (χ2n) is 8.07. The maximum Gasteiger partial charge on any atom is 0.258 e. The predicted molar refractivity (Wildman–Crippen MR) is 126 cm³/mol. The third-order valence-corrected chi connectivity index (χ3v) is 5.96. The quantitative estimate of drug-likeness (QED) is 0.494. The number of aryl methyl sites for hydroxylation is 1. The van der Waals surface area contributed by atoms with Crippen LogP contribution in [0.15, 0.2) is 42.7 Å². The van der Waals surface area contributed by atoms with E-state index in [0.717, 1.165) is 10.9 Å². The molecule has 0 saturated carbocycles. The molecule has 1 aromatic carbocycles. The van der Waals surface area contributed by atoms with E-state index in [2.05, 4.69) is 15.1 Å². The van der Waals surface area contributed by atoms with Gasteiger partial charge in [0.15, 0.2) is 5.82 Å². The molecule has 3 aromatic heterocycles. The lowest BCUT2D eigenvalue weighted by Crippen LogP contribution is -2.40. The Morgan fingerprint density at radius 3 is 2.79 bits per heavy atom. The Morgan fingerprint density at radius 2 is 2.03 bits per heavy atom. The summed E-state index contributed by atoms with van der Waals surface area (Å²) < 4.78 is 7.75. The zero-order valence-corrected chi connectivity index (χ0v) is 19.0. The highest BCUT2D eigenvalue weighted by Gasteiger charge is 2.27. The molecule has 9 nitrogen and oxygen atoms in total. The fraction of sp³-hybridized carbons (Fsp3) is 0.261. The third kappa shape index (κ3) is 4.07. The van der Waals surface area contributed by atoms with Gasteiger partial charge in [0, 0.05) is 50.4 Å². The number of piperidine rings is 1. The molecule has 4 aromatic rings. The molecule has 1 aliphatic rings. The van der Waals surface area contributed by atoms with Crippen molar-refractivity contribution in [2.24, 2.45) is 7.05 Å². The summed E-state index contributed by atoms with van der Waals surface area (Å²) in [7, 11) is 3.61. The number of carbonyl (C=O) groups is 1. The summed E-state index contributed by atoms with van der Waals surface area (Å²) in [6.45, 7) is 0.614. The van der Waals surface area contributed by atoms with Crippen LogP contribution >= 0.6 is 11.6 Å². The van der Waals surface area contributed by atoms with Crippen LogP contribution in [-0.4, -0.2) is 55.2 Å². The number of carbonyl (C=O) groups excluding carboxylic acids is 1. The van der Waals surface area contributed by atoms with Crippen LogP contribution < -0.4 is 10.5 Å². The van der Waals surface area contributed by atoms with Crippen molar-refractivity contribution < 1.29 is 9.53 Å². The van der Waals surface area contributed by atoms with E-state index in [1.165, 1.54) is 0 Å². The van der Waals surface area contributed by atoms with Gasteiger partial charge in [0.2, 0.25) is 5.91 Å². The Bertz CT molecular complexity index is 1370.